The number of hydrogen-bond donors (Lipinski definition) is 2. The van der Waals surface area contributed by atoms with E-state index < -0.39 is 0 Å². The summed E-state index contributed by atoms with van der Waals surface area (Å²) in [5.41, 5.74) is 5.32. The molecule has 0 atom stereocenters. The van der Waals surface area contributed by atoms with Crippen LogP contribution in [0.4, 0.5) is 11.6 Å². The summed E-state index contributed by atoms with van der Waals surface area (Å²) in [7, 11) is 0. The van der Waals surface area contributed by atoms with Gasteiger partial charge >= 0.3 is 0 Å². The lowest BCUT2D eigenvalue weighted by molar-refractivity contribution is 0.612. The molecule has 0 aliphatic rings. The topological polar surface area (TPSA) is 111 Å². The number of hydrogen-bond acceptors (Lipinski definition) is 8. The first kappa shape index (κ1) is 29.2. The fourth-order valence-electron chi connectivity index (χ4n) is 4.35. The highest BCUT2D eigenvalue weighted by atomic mass is 35.5. The number of benzene rings is 2. The number of rotatable bonds is 8. The third kappa shape index (κ3) is 6.78. The summed E-state index contributed by atoms with van der Waals surface area (Å²) in [5, 5.41) is 7.02. The van der Waals surface area contributed by atoms with Gasteiger partial charge in [0.2, 0.25) is 10.6 Å². The molecule has 2 aromatic carbocycles. The van der Waals surface area contributed by atoms with Gasteiger partial charge in [0.1, 0.15) is 0 Å². The Labute approximate surface area is 254 Å². The van der Waals surface area contributed by atoms with E-state index in [1.165, 1.54) is 11.1 Å². The standard InChI is InChI=1S/2C15H16ClN5/c2*1-10(2)21-9-18-12-13(19-15(16)20-14(12)21)17-8-11-6-4-3-5-7-11/h2*3-7,9-10H,8H2,1-2H3,(H,17,19,20). The Balaban J connectivity index is 0.000000168. The molecule has 0 saturated heterocycles. The zero-order chi connectivity index (χ0) is 29.6. The van der Waals surface area contributed by atoms with Crippen LogP contribution in [0.15, 0.2) is 73.3 Å². The van der Waals surface area contributed by atoms with Crippen molar-refractivity contribution in [3.05, 3.63) is 95.0 Å². The Morgan fingerprint density at radius 1 is 0.595 bits per heavy atom. The molecule has 0 amide bonds. The van der Waals surface area contributed by atoms with Gasteiger partial charge in [0.15, 0.2) is 34.0 Å². The van der Waals surface area contributed by atoms with Gasteiger partial charge in [-0.15, -0.1) is 0 Å². The van der Waals surface area contributed by atoms with E-state index >= 15 is 0 Å². The summed E-state index contributed by atoms with van der Waals surface area (Å²) >= 11 is 12.1. The molecule has 0 saturated carbocycles. The molecule has 0 bridgehead atoms. The second-order valence-corrected chi connectivity index (χ2v) is 10.9. The zero-order valence-corrected chi connectivity index (χ0v) is 25.3. The Morgan fingerprint density at radius 2 is 0.976 bits per heavy atom. The van der Waals surface area contributed by atoms with Crippen molar-refractivity contribution >= 4 is 57.2 Å². The van der Waals surface area contributed by atoms with Crippen LogP contribution in [0.3, 0.4) is 0 Å². The first-order chi connectivity index (χ1) is 20.3. The number of anilines is 2. The minimum Gasteiger partial charge on any atom is -0.364 e. The van der Waals surface area contributed by atoms with E-state index in [1.54, 1.807) is 12.7 Å². The molecule has 0 spiro atoms. The van der Waals surface area contributed by atoms with E-state index in [0.717, 1.165) is 22.3 Å². The summed E-state index contributed by atoms with van der Waals surface area (Å²) in [6, 6.07) is 20.8. The van der Waals surface area contributed by atoms with Crippen molar-refractivity contribution in [2.24, 2.45) is 0 Å². The van der Waals surface area contributed by atoms with Gasteiger partial charge in [-0.2, -0.15) is 19.9 Å². The van der Waals surface area contributed by atoms with Crippen LogP contribution in [0, 0.1) is 0 Å². The first-order valence-corrected chi connectivity index (χ1v) is 14.4. The SMILES string of the molecule is CC(C)n1cnc2c(NCc3ccccc3)nc(Cl)nc21.CC(C)n1cnc2c(NCc3ccccc3)nc(Cl)nc21. The summed E-state index contributed by atoms with van der Waals surface area (Å²) in [6.07, 6.45) is 3.54. The highest BCUT2D eigenvalue weighted by molar-refractivity contribution is 6.29. The quantitative estimate of drug-likeness (QED) is 0.174. The van der Waals surface area contributed by atoms with E-state index in [-0.39, 0.29) is 22.7 Å². The Kier molecular flexibility index (Phi) is 9.14. The number of aromatic nitrogens is 8. The molecule has 0 radical (unpaired) electrons. The van der Waals surface area contributed by atoms with Gasteiger partial charge in [-0.3, -0.25) is 0 Å². The number of halogens is 2. The fourth-order valence-corrected chi connectivity index (χ4v) is 4.67. The molecule has 12 heteroatoms. The first-order valence-electron chi connectivity index (χ1n) is 13.7. The number of imidazole rings is 2. The highest BCUT2D eigenvalue weighted by Crippen LogP contribution is 2.25. The largest absolute Gasteiger partial charge is 0.364 e. The normalized spacial score (nSPS) is 11.2. The lowest BCUT2D eigenvalue weighted by Gasteiger charge is -2.09. The Hall–Kier alpha value is -4.28. The van der Waals surface area contributed by atoms with Crippen LogP contribution in [0.1, 0.15) is 50.9 Å². The van der Waals surface area contributed by atoms with Crippen molar-refractivity contribution in [1.29, 1.82) is 0 Å². The van der Waals surface area contributed by atoms with Gasteiger partial charge < -0.3 is 19.8 Å². The smallest absolute Gasteiger partial charge is 0.226 e. The van der Waals surface area contributed by atoms with Crippen LogP contribution in [0.5, 0.6) is 0 Å². The second kappa shape index (κ2) is 13.1. The van der Waals surface area contributed by atoms with Crippen LogP contribution < -0.4 is 10.6 Å². The molecule has 4 aromatic heterocycles. The van der Waals surface area contributed by atoms with Crippen LogP contribution in [0.2, 0.25) is 10.6 Å². The Bertz CT molecular complexity index is 1630. The van der Waals surface area contributed by atoms with Gasteiger partial charge in [0, 0.05) is 25.2 Å². The molecule has 2 N–H and O–H groups in total. The van der Waals surface area contributed by atoms with Gasteiger partial charge in [-0.1, -0.05) is 60.7 Å². The molecule has 216 valence electrons. The maximum absolute atomic E-state index is 6.04. The minimum absolute atomic E-state index is 0.223. The molecule has 0 aliphatic carbocycles. The van der Waals surface area contributed by atoms with E-state index in [0.29, 0.717) is 24.7 Å². The van der Waals surface area contributed by atoms with Crippen molar-refractivity contribution in [2.75, 3.05) is 10.6 Å². The summed E-state index contributed by atoms with van der Waals surface area (Å²) in [4.78, 5) is 25.9. The molecule has 0 aliphatic heterocycles. The number of nitrogens with zero attached hydrogens (tertiary/aromatic N) is 8. The molecule has 6 aromatic rings. The van der Waals surface area contributed by atoms with Gasteiger partial charge in [0.05, 0.1) is 12.7 Å². The predicted molar refractivity (Wildman–Crippen MR) is 169 cm³/mol. The molecule has 42 heavy (non-hydrogen) atoms. The summed E-state index contributed by atoms with van der Waals surface area (Å²) in [6.45, 7) is 9.64. The van der Waals surface area contributed by atoms with Crippen molar-refractivity contribution in [3.63, 3.8) is 0 Å². The lowest BCUT2D eigenvalue weighted by Crippen LogP contribution is -2.05. The summed E-state index contributed by atoms with van der Waals surface area (Å²) < 4.78 is 3.97. The van der Waals surface area contributed by atoms with Crippen LogP contribution in [-0.2, 0) is 13.1 Å². The molecule has 0 fully saturated rings. The second-order valence-electron chi connectivity index (χ2n) is 10.2. The zero-order valence-electron chi connectivity index (χ0n) is 23.8. The monoisotopic (exact) mass is 602 g/mol. The third-order valence-electron chi connectivity index (χ3n) is 6.51. The highest BCUT2D eigenvalue weighted by Gasteiger charge is 2.15. The van der Waals surface area contributed by atoms with Gasteiger partial charge in [0.25, 0.3) is 0 Å². The molecule has 6 rings (SSSR count). The third-order valence-corrected chi connectivity index (χ3v) is 6.84. The maximum atomic E-state index is 6.04. The molecule has 10 nitrogen and oxygen atoms in total. The molecule has 4 heterocycles. The van der Waals surface area contributed by atoms with Gasteiger partial charge in [-0.25, -0.2) is 9.97 Å². The minimum atomic E-state index is 0.223. The predicted octanol–water partition coefficient (Wildman–Crippen LogP) is 7.35. The fraction of sp³-hybridized carbons (Fsp3) is 0.267. The van der Waals surface area contributed by atoms with E-state index in [9.17, 15) is 0 Å². The molecular formula is C30H32Cl2N10. The van der Waals surface area contributed by atoms with E-state index in [4.69, 9.17) is 23.2 Å². The van der Waals surface area contributed by atoms with Crippen LogP contribution >= 0.6 is 23.2 Å². The van der Waals surface area contributed by atoms with Crippen molar-refractivity contribution in [2.45, 2.75) is 52.9 Å². The van der Waals surface area contributed by atoms with Gasteiger partial charge in [-0.05, 0) is 62.0 Å². The van der Waals surface area contributed by atoms with E-state index in [1.807, 2.05) is 45.5 Å². The average Bonchev–Trinajstić information content (AvgIpc) is 3.61. The van der Waals surface area contributed by atoms with Crippen molar-refractivity contribution in [1.82, 2.24) is 39.0 Å². The van der Waals surface area contributed by atoms with Crippen molar-refractivity contribution in [3.8, 4) is 0 Å². The number of fused-ring (bicyclic) bond motifs is 2. The van der Waals surface area contributed by atoms with E-state index in [2.05, 4.69) is 92.5 Å². The summed E-state index contributed by atoms with van der Waals surface area (Å²) in [5.74, 6) is 1.32. The maximum Gasteiger partial charge on any atom is 0.226 e. The van der Waals surface area contributed by atoms with Crippen LogP contribution in [0.25, 0.3) is 22.3 Å². The lowest BCUT2D eigenvalue weighted by atomic mass is 10.2. The van der Waals surface area contributed by atoms with Crippen LogP contribution in [-0.4, -0.2) is 39.0 Å². The Morgan fingerprint density at radius 3 is 1.33 bits per heavy atom. The van der Waals surface area contributed by atoms with Crippen molar-refractivity contribution < 1.29 is 0 Å². The molecule has 0 unspecified atom stereocenters. The molecular weight excluding hydrogens is 571 g/mol. The number of nitrogens with one attached hydrogen (secondary N) is 2. The average molecular weight is 604 g/mol.